The summed E-state index contributed by atoms with van der Waals surface area (Å²) in [5.41, 5.74) is 10.7. The summed E-state index contributed by atoms with van der Waals surface area (Å²) in [6.07, 6.45) is 0.749. The monoisotopic (exact) mass is 370 g/mol. The van der Waals surface area contributed by atoms with Gasteiger partial charge in [0.15, 0.2) is 0 Å². The van der Waals surface area contributed by atoms with Gasteiger partial charge in [-0.1, -0.05) is 54.6 Å². The van der Waals surface area contributed by atoms with Crippen LogP contribution in [-0.2, 0) is 6.42 Å². The van der Waals surface area contributed by atoms with Gasteiger partial charge in [0.25, 0.3) is 0 Å². The number of nitrogens with zero attached hydrogens (tertiary/aromatic N) is 2. The molecule has 4 aromatic rings. The normalized spacial score (nSPS) is 10.6. The molecule has 0 radical (unpaired) electrons. The summed E-state index contributed by atoms with van der Waals surface area (Å²) in [6.45, 7) is 0. The topological polar surface area (TPSA) is 63.8 Å². The molecule has 0 aliphatic rings. The second-order valence-corrected chi connectivity index (χ2v) is 6.49. The van der Waals surface area contributed by atoms with E-state index < -0.39 is 0 Å². The van der Waals surface area contributed by atoms with Crippen LogP contribution in [0.3, 0.4) is 0 Å². The standard InChI is InChI=1S/C23H19FN4/c24-19-10-6-16(7-11-19)14-17-8-12-20(13-9-17)26-22-15-21(27-23(25)28-22)18-4-2-1-3-5-18/h1-13,15H,14H2,(H3,25,26,27,28). The van der Waals surface area contributed by atoms with E-state index in [1.54, 1.807) is 12.1 Å². The van der Waals surface area contributed by atoms with Crippen molar-refractivity contribution in [3.8, 4) is 11.3 Å². The highest BCUT2D eigenvalue weighted by molar-refractivity contribution is 5.67. The fourth-order valence-electron chi connectivity index (χ4n) is 2.98. The fraction of sp³-hybridized carbons (Fsp3) is 0.0435. The number of nitrogens with one attached hydrogen (secondary N) is 1. The van der Waals surface area contributed by atoms with Gasteiger partial charge in [0, 0.05) is 17.3 Å². The molecule has 4 nitrogen and oxygen atoms in total. The van der Waals surface area contributed by atoms with Gasteiger partial charge in [0.05, 0.1) is 5.69 Å². The Kier molecular flexibility index (Phi) is 4.97. The van der Waals surface area contributed by atoms with E-state index in [-0.39, 0.29) is 11.8 Å². The quantitative estimate of drug-likeness (QED) is 0.507. The maximum atomic E-state index is 13.0. The van der Waals surface area contributed by atoms with Gasteiger partial charge in [-0.15, -0.1) is 0 Å². The molecular formula is C23H19FN4. The summed E-state index contributed by atoms with van der Waals surface area (Å²) < 4.78 is 13.0. The molecule has 3 aromatic carbocycles. The molecule has 0 fully saturated rings. The molecule has 0 bridgehead atoms. The summed E-state index contributed by atoms with van der Waals surface area (Å²) in [6, 6.07) is 26.3. The lowest BCUT2D eigenvalue weighted by atomic mass is 10.0. The Morgan fingerprint density at radius 1 is 0.786 bits per heavy atom. The van der Waals surface area contributed by atoms with Crippen LogP contribution >= 0.6 is 0 Å². The highest BCUT2D eigenvalue weighted by Crippen LogP contribution is 2.23. The molecule has 5 heteroatoms. The third-order valence-corrected chi connectivity index (χ3v) is 4.36. The minimum absolute atomic E-state index is 0.219. The van der Waals surface area contributed by atoms with Crippen molar-refractivity contribution in [1.29, 1.82) is 0 Å². The molecule has 0 aliphatic heterocycles. The summed E-state index contributed by atoms with van der Waals surface area (Å²) in [7, 11) is 0. The molecule has 138 valence electrons. The van der Waals surface area contributed by atoms with Gasteiger partial charge in [-0.05, 0) is 41.8 Å². The van der Waals surface area contributed by atoms with Crippen LogP contribution in [-0.4, -0.2) is 9.97 Å². The van der Waals surface area contributed by atoms with E-state index >= 15 is 0 Å². The third-order valence-electron chi connectivity index (χ3n) is 4.36. The second kappa shape index (κ2) is 7.88. The van der Waals surface area contributed by atoms with E-state index in [4.69, 9.17) is 5.73 Å². The molecule has 0 atom stereocenters. The van der Waals surface area contributed by atoms with Crippen LogP contribution in [0.4, 0.5) is 21.8 Å². The number of aromatic nitrogens is 2. The lowest BCUT2D eigenvalue weighted by Crippen LogP contribution is -2.01. The van der Waals surface area contributed by atoms with Gasteiger partial charge < -0.3 is 11.1 Å². The van der Waals surface area contributed by atoms with Crippen molar-refractivity contribution in [2.45, 2.75) is 6.42 Å². The number of nitrogen functional groups attached to an aromatic ring is 1. The minimum Gasteiger partial charge on any atom is -0.368 e. The van der Waals surface area contributed by atoms with Crippen LogP contribution < -0.4 is 11.1 Å². The van der Waals surface area contributed by atoms with E-state index in [9.17, 15) is 4.39 Å². The van der Waals surface area contributed by atoms with Crippen LogP contribution in [0.2, 0.25) is 0 Å². The van der Waals surface area contributed by atoms with Crippen molar-refractivity contribution >= 4 is 17.5 Å². The Morgan fingerprint density at radius 2 is 1.43 bits per heavy atom. The van der Waals surface area contributed by atoms with Gasteiger partial charge in [-0.2, -0.15) is 4.98 Å². The SMILES string of the molecule is Nc1nc(Nc2ccc(Cc3ccc(F)cc3)cc2)cc(-c2ccccc2)n1. The second-order valence-electron chi connectivity index (χ2n) is 6.49. The fourth-order valence-corrected chi connectivity index (χ4v) is 2.98. The predicted molar refractivity (Wildman–Crippen MR) is 111 cm³/mol. The van der Waals surface area contributed by atoms with Gasteiger partial charge in [-0.25, -0.2) is 9.37 Å². The first-order valence-electron chi connectivity index (χ1n) is 8.96. The number of halogens is 1. The predicted octanol–water partition coefficient (Wildman–Crippen LogP) is 5.20. The van der Waals surface area contributed by atoms with Gasteiger partial charge in [0.1, 0.15) is 11.6 Å². The molecule has 0 spiro atoms. The van der Waals surface area contributed by atoms with Crippen molar-refractivity contribution in [3.63, 3.8) is 0 Å². The Hall–Kier alpha value is -3.73. The zero-order valence-corrected chi connectivity index (χ0v) is 15.1. The molecule has 0 saturated carbocycles. The van der Waals surface area contributed by atoms with E-state index in [0.717, 1.165) is 34.5 Å². The van der Waals surface area contributed by atoms with Crippen LogP contribution in [0.25, 0.3) is 11.3 Å². The number of anilines is 3. The van der Waals surface area contributed by atoms with E-state index in [0.29, 0.717) is 5.82 Å². The molecule has 4 rings (SSSR count). The van der Waals surface area contributed by atoms with E-state index in [1.807, 2.05) is 60.7 Å². The summed E-state index contributed by atoms with van der Waals surface area (Å²) in [5.74, 6) is 0.636. The van der Waals surface area contributed by atoms with Crippen LogP contribution in [0.5, 0.6) is 0 Å². The molecular weight excluding hydrogens is 351 g/mol. The summed E-state index contributed by atoms with van der Waals surface area (Å²) >= 11 is 0. The van der Waals surface area contributed by atoms with E-state index in [2.05, 4.69) is 15.3 Å². The van der Waals surface area contributed by atoms with Crippen molar-refractivity contribution < 1.29 is 4.39 Å². The summed E-state index contributed by atoms with van der Waals surface area (Å²) in [5, 5.41) is 3.27. The molecule has 28 heavy (non-hydrogen) atoms. The number of hydrogen-bond donors (Lipinski definition) is 2. The van der Waals surface area contributed by atoms with Crippen molar-refractivity contribution in [2.75, 3.05) is 11.1 Å². The Bertz CT molecular complexity index is 1060. The molecule has 1 heterocycles. The molecule has 3 N–H and O–H groups in total. The van der Waals surface area contributed by atoms with Gasteiger partial charge >= 0.3 is 0 Å². The zero-order valence-electron chi connectivity index (χ0n) is 15.1. The number of rotatable bonds is 5. The number of benzene rings is 3. The van der Waals surface area contributed by atoms with Gasteiger partial charge in [0.2, 0.25) is 5.95 Å². The molecule has 0 unspecified atom stereocenters. The number of nitrogens with two attached hydrogens (primary N) is 1. The average Bonchev–Trinajstić information content (AvgIpc) is 2.71. The van der Waals surface area contributed by atoms with E-state index in [1.165, 1.54) is 12.1 Å². The maximum Gasteiger partial charge on any atom is 0.222 e. The largest absolute Gasteiger partial charge is 0.368 e. The Labute approximate surface area is 162 Å². The van der Waals surface area contributed by atoms with Crippen LogP contribution in [0, 0.1) is 5.82 Å². The average molecular weight is 370 g/mol. The van der Waals surface area contributed by atoms with Crippen molar-refractivity contribution in [1.82, 2.24) is 9.97 Å². The lowest BCUT2D eigenvalue weighted by molar-refractivity contribution is 0.627. The van der Waals surface area contributed by atoms with Crippen molar-refractivity contribution in [2.24, 2.45) is 0 Å². The Balaban J connectivity index is 1.50. The van der Waals surface area contributed by atoms with Crippen LogP contribution in [0.15, 0.2) is 84.9 Å². The first-order chi connectivity index (χ1) is 13.7. The lowest BCUT2D eigenvalue weighted by Gasteiger charge is -2.09. The third kappa shape index (κ3) is 4.32. The molecule has 1 aromatic heterocycles. The van der Waals surface area contributed by atoms with Crippen LogP contribution in [0.1, 0.15) is 11.1 Å². The smallest absolute Gasteiger partial charge is 0.222 e. The maximum absolute atomic E-state index is 13.0. The highest BCUT2D eigenvalue weighted by atomic mass is 19.1. The number of hydrogen-bond acceptors (Lipinski definition) is 4. The molecule has 0 saturated heterocycles. The zero-order chi connectivity index (χ0) is 19.3. The Morgan fingerprint density at radius 3 is 2.11 bits per heavy atom. The highest BCUT2D eigenvalue weighted by Gasteiger charge is 2.05. The molecule has 0 amide bonds. The molecule has 0 aliphatic carbocycles. The van der Waals surface area contributed by atoms with Crippen molar-refractivity contribution in [3.05, 3.63) is 102 Å². The minimum atomic E-state index is -0.220. The first-order valence-corrected chi connectivity index (χ1v) is 8.96. The summed E-state index contributed by atoms with van der Waals surface area (Å²) in [4.78, 5) is 8.59. The van der Waals surface area contributed by atoms with Gasteiger partial charge in [-0.3, -0.25) is 0 Å². The first kappa shape index (κ1) is 17.7.